The minimum Gasteiger partial charge on any atom is -0.371 e. The second kappa shape index (κ2) is 4.06. The first-order valence-corrected chi connectivity index (χ1v) is 5.24. The van der Waals surface area contributed by atoms with Crippen LogP contribution in [0.25, 0.3) is 0 Å². The van der Waals surface area contributed by atoms with E-state index in [0.29, 0.717) is 5.02 Å². The lowest BCUT2D eigenvalue weighted by Crippen LogP contribution is -2.17. The zero-order chi connectivity index (χ0) is 10.8. The minimum absolute atomic E-state index is 0.0596. The summed E-state index contributed by atoms with van der Waals surface area (Å²) >= 11 is 5.84. The maximum atomic E-state index is 10.6. The molecule has 1 fully saturated rings. The smallest absolute Gasteiger partial charge is 0.272 e. The van der Waals surface area contributed by atoms with Crippen molar-refractivity contribution in [2.24, 2.45) is 0 Å². The molecule has 0 atom stereocenters. The zero-order valence-electron chi connectivity index (χ0n) is 8.15. The molecule has 0 amide bonds. The number of nitro groups is 1. The molecule has 0 radical (unpaired) electrons. The number of anilines is 1. The van der Waals surface area contributed by atoms with E-state index in [1.807, 2.05) is 0 Å². The van der Waals surface area contributed by atoms with Gasteiger partial charge in [-0.1, -0.05) is 11.6 Å². The average Bonchev–Trinajstić information content (AvgIpc) is 2.69. The Morgan fingerprint density at radius 1 is 1.27 bits per heavy atom. The first-order valence-electron chi connectivity index (χ1n) is 4.87. The molecule has 1 aromatic rings. The third-order valence-electron chi connectivity index (χ3n) is 2.55. The van der Waals surface area contributed by atoms with Gasteiger partial charge in [-0.2, -0.15) is 0 Å². The Hall–Kier alpha value is -1.29. The normalized spacial score (nSPS) is 15.7. The number of hydrogen-bond donors (Lipinski definition) is 0. The molecular formula is C10H11ClN2O2. The molecule has 0 unspecified atom stereocenters. The molecule has 0 saturated carbocycles. The van der Waals surface area contributed by atoms with Crippen molar-refractivity contribution in [3.8, 4) is 0 Å². The molecule has 80 valence electrons. The van der Waals surface area contributed by atoms with Crippen molar-refractivity contribution >= 4 is 23.0 Å². The van der Waals surface area contributed by atoms with Crippen LogP contribution in [0.3, 0.4) is 0 Å². The lowest BCUT2D eigenvalue weighted by Gasteiger charge is -2.17. The fourth-order valence-electron chi connectivity index (χ4n) is 1.82. The van der Waals surface area contributed by atoms with Gasteiger partial charge in [0, 0.05) is 35.9 Å². The third-order valence-corrected chi connectivity index (χ3v) is 2.77. The number of non-ortho nitro benzene ring substituents is 1. The highest BCUT2D eigenvalue weighted by atomic mass is 35.5. The van der Waals surface area contributed by atoms with Gasteiger partial charge in [-0.05, 0) is 18.9 Å². The topological polar surface area (TPSA) is 46.4 Å². The number of rotatable bonds is 2. The van der Waals surface area contributed by atoms with Gasteiger partial charge >= 0.3 is 0 Å². The van der Waals surface area contributed by atoms with Crippen LogP contribution in [0.5, 0.6) is 0 Å². The van der Waals surface area contributed by atoms with E-state index in [1.54, 1.807) is 12.1 Å². The third kappa shape index (κ3) is 2.21. The van der Waals surface area contributed by atoms with Crippen molar-refractivity contribution in [3.05, 3.63) is 33.3 Å². The van der Waals surface area contributed by atoms with Gasteiger partial charge < -0.3 is 4.90 Å². The molecule has 0 N–H and O–H groups in total. The van der Waals surface area contributed by atoms with Crippen molar-refractivity contribution < 1.29 is 4.92 Å². The van der Waals surface area contributed by atoms with E-state index in [4.69, 9.17) is 11.6 Å². The summed E-state index contributed by atoms with van der Waals surface area (Å²) in [4.78, 5) is 12.4. The molecule has 1 aliphatic heterocycles. The highest BCUT2D eigenvalue weighted by Gasteiger charge is 2.16. The molecule has 1 aliphatic rings. The molecule has 0 spiro atoms. The monoisotopic (exact) mass is 226 g/mol. The largest absolute Gasteiger partial charge is 0.371 e. The van der Waals surface area contributed by atoms with Gasteiger partial charge in [0.25, 0.3) is 5.69 Å². The van der Waals surface area contributed by atoms with Crippen molar-refractivity contribution in [2.75, 3.05) is 18.0 Å². The molecular weight excluding hydrogens is 216 g/mol. The summed E-state index contributed by atoms with van der Waals surface area (Å²) < 4.78 is 0. The van der Waals surface area contributed by atoms with Crippen LogP contribution in [0.1, 0.15) is 12.8 Å². The molecule has 15 heavy (non-hydrogen) atoms. The number of nitro benzene ring substituents is 1. The lowest BCUT2D eigenvalue weighted by molar-refractivity contribution is -0.384. The summed E-state index contributed by atoms with van der Waals surface area (Å²) in [5.41, 5.74) is 0.913. The summed E-state index contributed by atoms with van der Waals surface area (Å²) in [6.45, 7) is 1.91. The molecule has 1 aromatic carbocycles. The van der Waals surface area contributed by atoms with Crippen molar-refractivity contribution in [1.29, 1.82) is 0 Å². The Balaban J connectivity index is 2.34. The molecule has 0 aromatic heterocycles. The molecule has 0 bridgehead atoms. The van der Waals surface area contributed by atoms with E-state index < -0.39 is 4.92 Å². The summed E-state index contributed by atoms with van der Waals surface area (Å²) in [6.07, 6.45) is 2.28. The van der Waals surface area contributed by atoms with Gasteiger partial charge in [0.1, 0.15) is 0 Å². The van der Waals surface area contributed by atoms with E-state index in [9.17, 15) is 10.1 Å². The number of nitrogens with zero attached hydrogens (tertiary/aromatic N) is 2. The average molecular weight is 227 g/mol. The predicted molar refractivity (Wildman–Crippen MR) is 59.6 cm³/mol. The predicted octanol–water partition coefficient (Wildman–Crippen LogP) is 2.85. The minimum atomic E-state index is -0.411. The van der Waals surface area contributed by atoms with Gasteiger partial charge in [0.05, 0.1) is 4.92 Å². The van der Waals surface area contributed by atoms with Gasteiger partial charge in [0.15, 0.2) is 0 Å². The van der Waals surface area contributed by atoms with E-state index in [2.05, 4.69) is 4.90 Å². The van der Waals surface area contributed by atoms with E-state index in [1.165, 1.54) is 6.07 Å². The molecule has 1 saturated heterocycles. The first-order chi connectivity index (χ1) is 7.16. The van der Waals surface area contributed by atoms with Crippen LogP contribution >= 0.6 is 11.6 Å². The van der Waals surface area contributed by atoms with Gasteiger partial charge in [-0.25, -0.2) is 0 Å². The van der Waals surface area contributed by atoms with E-state index in [0.717, 1.165) is 31.6 Å². The van der Waals surface area contributed by atoms with Gasteiger partial charge in [-0.3, -0.25) is 10.1 Å². The second-order valence-corrected chi connectivity index (χ2v) is 4.06. The maximum absolute atomic E-state index is 10.6. The second-order valence-electron chi connectivity index (χ2n) is 3.62. The summed E-state index contributed by atoms with van der Waals surface area (Å²) in [5.74, 6) is 0. The van der Waals surface area contributed by atoms with Gasteiger partial charge in [0.2, 0.25) is 0 Å². The standard InChI is InChI=1S/C10H11ClN2O2/c11-8-5-9(12-3-1-2-4-12)7-10(6-8)13(14)15/h5-7H,1-4H2. The van der Waals surface area contributed by atoms with Crippen molar-refractivity contribution in [1.82, 2.24) is 0 Å². The summed E-state index contributed by atoms with van der Waals surface area (Å²) in [6, 6.07) is 4.73. The Labute approximate surface area is 92.6 Å². The summed E-state index contributed by atoms with van der Waals surface area (Å²) in [5, 5.41) is 11.1. The van der Waals surface area contributed by atoms with Crippen LogP contribution in [0.4, 0.5) is 11.4 Å². The molecule has 1 heterocycles. The number of hydrogen-bond acceptors (Lipinski definition) is 3. The quantitative estimate of drug-likeness (QED) is 0.576. The van der Waals surface area contributed by atoms with Crippen molar-refractivity contribution in [2.45, 2.75) is 12.8 Å². The molecule has 0 aliphatic carbocycles. The Morgan fingerprint density at radius 3 is 2.53 bits per heavy atom. The highest BCUT2D eigenvalue weighted by molar-refractivity contribution is 6.31. The van der Waals surface area contributed by atoms with Crippen LogP contribution < -0.4 is 4.90 Å². The first kappa shape index (κ1) is 10.2. The van der Waals surface area contributed by atoms with Crippen molar-refractivity contribution in [3.63, 3.8) is 0 Å². The SMILES string of the molecule is O=[N+]([O-])c1cc(Cl)cc(N2CCCC2)c1. The van der Waals surface area contributed by atoms with Crippen LogP contribution in [-0.2, 0) is 0 Å². The van der Waals surface area contributed by atoms with E-state index >= 15 is 0 Å². The Morgan fingerprint density at radius 2 is 1.93 bits per heavy atom. The lowest BCUT2D eigenvalue weighted by atomic mass is 10.2. The molecule has 2 rings (SSSR count). The fourth-order valence-corrected chi connectivity index (χ4v) is 2.05. The fraction of sp³-hybridized carbons (Fsp3) is 0.400. The van der Waals surface area contributed by atoms with Crippen LogP contribution in [0.2, 0.25) is 5.02 Å². The van der Waals surface area contributed by atoms with Gasteiger partial charge in [-0.15, -0.1) is 0 Å². The van der Waals surface area contributed by atoms with Crippen LogP contribution in [-0.4, -0.2) is 18.0 Å². The van der Waals surface area contributed by atoms with Crippen LogP contribution in [0, 0.1) is 10.1 Å². The van der Waals surface area contributed by atoms with E-state index in [-0.39, 0.29) is 5.69 Å². The number of benzene rings is 1. The Bertz CT molecular complexity index is 389. The highest BCUT2D eigenvalue weighted by Crippen LogP contribution is 2.28. The number of halogens is 1. The maximum Gasteiger partial charge on any atom is 0.272 e. The zero-order valence-corrected chi connectivity index (χ0v) is 8.91. The Kier molecular flexibility index (Phi) is 2.77. The summed E-state index contributed by atoms with van der Waals surface area (Å²) in [7, 11) is 0. The molecule has 4 nitrogen and oxygen atoms in total. The molecule has 5 heteroatoms. The van der Waals surface area contributed by atoms with Crippen LogP contribution in [0.15, 0.2) is 18.2 Å².